The van der Waals surface area contributed by atoms with E-state index in [9.17, 15) is 13.2 Å². The molecule has 0 saturated heterocycles. The van der Waals surface area contributed by atoms with Gasteiger partial charge in [-0.05, 0) is 12.8 Å². The van der Waals surface area contributed by atoms with Crippen LogP contribution in [-0.2, 0) is 4.74 Å². The molecule has 0 aliphatic heterocycles. The lowest BCUT2D eigenvalue weighted by molar-refractivity contribution is -0.173. The highest BCUT2D eigenvalue weighted by Crippen LogP contribution is 2.14. The number of alkyl halides is 4. The molecular weight excluding hydrogens is 231 g/mol. The summed E-state index contributed by atoms with van der Waals surface area (Å²) in [5.41, 5.74) is 0. The zero-order valence-corrected chi connectivity index (χ0v) is 9.66. The first kappa shape index (κ1) is 15.0. The summed E-state index contributed by atoms with van der Waals surface area (Å²) in [6.07, 6.45) is -4.24. The highest BCUT2D eigenvalue weighted by atomic mass is 35.5. The molecule has 15 heavy (non-hydrogen) atoms. The van der Waals surface area contributed by atoms with Crippen molar-refractivity contribution in [3.8, 4) is 0 Å². The van der Waals surface area contributed by atoms with Crippen LogP contribution in [0.3, 0.4) is 0 Å². The van der Waals surface area contributed by atoms with E-state index in [1.807, 2.05) is 13.8 Å². The largest absolute Gasteiger partial charge is 0.411 e. The molecule has 0 rings (SSSR count). The molecule has 2 atom stereocenters. The minimum absolute atomic E-state index is 0.0544. The number of hydrogen-bond donors (Lipinski definition) is 1. The van der Waals surface area contributed by atoms with Crippen LogP contribution in [0.25, 0.3) is 0 Å². The Balaban J connectivity index is 3.39. The molecule has 0 aromatic rings. The Morgan fingerprint density at radius 3 is 2.40 bits per heavy atom. The lowest BCUT2D eigenvalue weighted by Gasteiger charge is -2.19. The van der Waals surface area contributed by atoms with Gasteiger partial charge in [0.2, 0.25) is 0 Å². The number of ether oxygens (including phenoxy) is 1. The van der Waals surface area contributed by atoms with Crippen LogP contribution < -0.4 is 5.32 Å². The molecule has 1 N–H and O–H groups in total. The Bertz CT molecular complexity index is 166. The fourth-order valence-corrected chi connectivity index (χ4v) is 1.15. The van der Waals surface area contributed by atoms with Gasteiger partial charge in [-0.25, -0.2) is 0 Å². The van der Waals surface area contributed by atoms with Crippen molar-refractivity contribution in [3.05, 3.63) is 0 Å². The van der Waals surface area contributed by atoms with Crippen LogP contribution in [0.15, 0.2) is 0 Å². The van der Waals surface area contributed by atoms with Gasteiger partial charge in [0, 0.05) is 18.5 Å². The third-order valence-electron chi connectivity index (χ3n) is 2.08. The van der Waals surface area contributed by atoms with Gasteiger partial charge in [0.1, 0.15) is 6.61 Å². The highest BCUT2D eigenvalue weighted by Gasteiger charge is 2.27. The van der Waals surface area contributed by atoms with E-state index in [0.29, 0.717) is 12.4 Å². The van der Waals surface area contributed by atoms with Crippen molar-refractivity contribution >= 4 is 11.6 Å². The van der Waals surface area contributed by atoms with E-state index in [0.717, 1.165) is 0 Å². The van der Waals surface area contributed by atoms with Gasteiger partial charge in [-0.2, -0.15) is 13.2 Å². The van der Waals surface area contributed by atoms with E-state index in [2.05, 4.69) is 10.1 Å². The molecule has 0 aliphatic carbocycles. The molecule has 0 saturated carbocycles. The summed E-state index contributed by atoms with van der Waals surface area (Å²) >= 11 is 5.63. The number of rotatable bonds is 7. The van der Waals surface area contributed by atoms with Crippen LogP contribution in [0.2, 0.25) is 0 Å². The Morgan fingerprint density at radius 2 is 1.93 bits per heavy atom. The zero-order valence-electron chi connectivity index (χ0n) is 8.90. The van der Waals surface area contributed by atoms with Gasteiger partial charge in [0.25, 0.3) is 0 Å². The Labute approximate surface area is 93.1 Å². The maximum atomic E-state index is 11.7. The second-order valence-electron chi connectivity index (χ2n) is 3.54. The third kappa shape index (κ3) is 8.96. The molecule has 0 aromatic heterocycles. The smallest absolute Gasteiger partial charge is 0.371 e. The van der Waals surface area contributed by atoms with Gasteiger partial charge in [0.15, 0.2) is 0 Å². The van der Waals surface area contributed by atoms with E-state index >= 15 is 0 Å². The SMILES string of the molecule is CC(CCl)C(C)NCCOCC(F)(F)F. The molecule has 0 bridgehead atoms. The molecule has 0 fully saturated rings. The van der Waals surface area contributed by atoms with Gasteiger partial charge < -0.3 is 10.1 Å². The van der Waals surface area contributed by atoms with E-state index in [4.69, 9.17) is 11.6 Å². The number of halogens is 4. The topological polar surface area (TPSA) is 21.3 Å². The monoisotopic (exact) mass is 247 g/mol. The quantitative estimate of drug-likeness (QED) is 0.551. The van der Waals surface area contributed by atoms with Crippen molar-refractivity contribution < 1.29 is 17.9 Å². The van der Waals surface area contributed by atoms with Crippen molar-refractivity contribution in [3.63, 3.8) is 0 Å². The minimum Gasteiger partial charge on any atom is -0.371 e. The first-order valence-electron chi connectivity index (χ1n) is 4.80. The van der Waals surface area contributed by atoms with Gasteiger partial charge in [-0.15, -0.1) is 11.6 Å². The third-order valence-corrected chi connectivity index (χ3v) is 2.56. The van der Waals surface area contributed by atoms with Gasteiger partial charge in [-0.1, -0.05) is 6.92 Å². The van der Waals surface area contributed by atoms with Crippen molar-refractivity contribution in [2.24, 2.45) is 5.92 Å². The summed E-state index contributed by atoms with van der Waals surface area (Å²) in [4.78, 5) is 0. The summed E-state index contributed by atoms with van der Waals surface area (Å²) in [6, 6.07) is 0.178. The van der Waals surface area contributed by atoms with Crippen molar-refractivity contribution in [1.82, 2.24) is 5.32 Å². The van der Waals surface area contributed by atoms with Crippen LogP contribution in [0.5, 0.6) is 0 Å². The van der Waals surface area contributed by atoms with E-state index in [-0.39, 0.29) is 18.6 Å². The molecule has 92 valence electrons. The summed E-state index contributed by atoms with van der Waals surface area (Å²) in [5.74, 6) is 0.812. The first-order chi connectivity index (χ1) is 6.87. The van der Waals surface area contributed by atoms with E-state index in [1.54, 1.807) is 0 Å². The summed E-state index contributed by atoms with van der Waals surface area (Å²) < 4.78 is 39.4. The summed E-state index contributed by atoms with van der Waals surface area (Å²) in [7, 11) is 0. The lowest BCUT2D eigenvalue weighted by atomic mass is 10.1. The number of hydrogen-bond acceptors (Lipinski definition) is 2. The van der Waals surface area contributed by atoms with E-state index < -0.39 is 12.8 Å². The fraction of sp³-hybridized carbons (Fsp3) is 1.00. The maximum absolute atomic E-state index is 11.7. The molecule has 2 nitrogen and oxygen atoms in total. The average molecular weight is 248 g/mol. The van der Waals surface area contributed by atoms with Gasteiger partial charge in [0.05, 0.1) is 6.61 Å². The molecule has 0 heterocycles. The predicted octanol–water partition coefficient (Wildman–Crippen LogP) is 2.42. The van der Waals surface area contributed by atoms with E-state index in [1.165, 1.54) is 0 Å². The Morgan fingerprint density at radius 1 is 1.33 bits per heavy atom. The van der Waals surface area contributed by atoms with Crippen LogP contribution in [-0.4, -0.2) is 37.9 Å². The molecule has 6 heteroatoms. The molecule has 0 aromatic carbocycles. The number of nitrogens with one attached hydrogen (secondary N) is 1. The van der Waals surface area contributed by atoms with Crippen molar-refractivity contribution in [1.29, 1.82) is 0 Å². The summed E-state index contributed by atoms with van der Waals surface area (Å²) in [6.45, 7) is 3.18. The molecule has 0 spiro atoms. The fourth-order valence-electron chi connectivity index (χ4n) is 0.881. The van der Waals surface area contributed by atoms with Crippen molar-refractivity contribution in [2.75, 3.05) is 25.6 Å². The Hall–Kier alpha value is -0.0000000000000000555. The predicted molar refractivity (Wildman–Crippen MR) is 54.2 cm³/mol. The Kier molecular flexibility index (Phi) is 7.30. The van der Waals surface area contributed by atoms with Gasteiger partial charge in [-0.3, -0.25) is 0 Å². The molecular formula is C9H17ClF3NO. The normalized spacial score (nSPS) is 16.4. The zero-order chi connectivity index (χ0) is 11.9. The lowest BCUT2D eigenvalue weighted by Crippen LogP contribution is -2.35. The second-order valence-corrected chi connectivity index (χ2v) is 3.85. The van der Waals surface area contributed by atoms with Crippen LogP contribution in [0.4, 0.5) is 13.2 Å². The van der Waals surface area contributed by atoms with Crippen LogP contribution >= 0.6 is 11.6 Å². The summed E-state index contributed by atoms with van der Waals surface area (Å²) in [5, 5.41) is 3.04. The first-order valence-corrected chi connectivity index (χ1v) is 5.34. The maximum Gasteiger partial charge on any atom is 0.411 e. The highest BCUT2D eigenvalue weighted by molar-refractivity contribution is 6.18. The standard InChI is InChI=1S/C9H17ClF3NO/c1-7(5-10)8(2)14-3-4-15-6-9(11,12)13/h7-8,14H,3-6H2,1-2H3. The second kappa shape index (κ2) is 7.30. The molecule has 2 unspecified atom stereocenters. The van der Waals surface area contributed by atoms with Crippen LogP contribution in [0.1, 0.15) is 13.8 Å². The average Bonchev–Trinajstić information content (AvgIpc) is 2.14. The minimum atomic E-state index is -4.24. The molecule has 0 aliphatic rings. The van der Waals surface area contributed by atoms with Crippen LogP contribution in [0, 0.1) is 5.92 Å². The van der Waals surface area contributed by atoms with Crippen molar-refractivity contribution in [2.45, 2.75) is 26.1 Å². The molecule has 0 radical (unpaired) electrons. The molecule has 0 amide bonds. The van der Waals surface area contributed by atoms with Gasteiger partial charge >= 0.3 is 6.18 Å².